The van der Waals surface area contributed by atoms with Crippen LogP contribution < -0.4 is 21.5 Å². The minimum Gasteiger partial charge on any atom is -0.447 e. The summed E-state index contributed by atoms with van der Waals surface area (Å²) in [6, 6.07) is 10.2. The Bertz CT molecular complexity index is 994. The maximum absolute atomic E-state index is 12.3. The summed E-state index contributed by atoms with van der Waals surface area (Å²) in [5.74, 6) is 7.60. The van der Waals surface area contributed by atoms with Crippen LogP contribution in [-0.2, 0) is 11.3 Å². The van der Waals surface area contributed by atoms with Gasteiger partial charge in [-0.25, -0.2) is 15.6 Å². The van der Waals surface area contributed by atoms with E-state index < -0.39 is 0 Å². The smallest absolute Gasteiger partial charge is 0.415 e. The van der Waals surface area contributed by atoms with Gasteiger partial charge in [-0.3, -0.25) is 14.8 Å². The molecule has 10 nitrogen and oxygen atoms in total. The maximum atomic E-state index is 12.3. The van der Waals surface area contributed by atoms with Gasteiger partial charge in [-0.2, -0.15) is 4.98 Å². The second-order valence-corrected chi connectivity index (χ2v) is 8.79. The lowest BCUT2D eigenvalue weighted by Gasteiger charge is -2.26. The average molecular weight is 453 g/mol. The van der Waals surface area contributed by atoms with E-state index in [1.165, 1.54) is 5.56 Å². The van der Waals surface area contributed by atoms with Gasteiger partial charge in [0.25, 0.3) is 0 Å². The third kappa shape index (κ3) is 5.40. The molecule has 0 radical (unpaired) electrons. The van der Waals surface area contributed by atoms with E-state index in [9.17, 15) is 4.79 Å². The Kier molecular flexibility index (Phi) is 7.05. The van der Waals surface area contributed by atoms with Crippen LogP contribution in [0.25, 0.3) is 0 Å². The molecule has 176 valence electrons. The summed E-state index contributed by atoms with van der Waals surface area (Å²) in [7, 11) is 0. The number of cyclic esters (lactones) is 1. The number of amides is 1. The molecule has 0 aliphatic carbocycles. The molecule has 4 N–H and O–H groups in total. The number of carbonyl (C=O) groups excluding carboxylic acids is 1. The minimum atomic E-state index is -0.365. The van der Waals surface area contributed by atoms with Gasteiger partial charge in [-0.05, 0) is 30.0 Å². The van der Waals surface area contributed by atoms with Crippen molar-refractivity contribution in [3.63, 3.8) is 0 Å². The van der Waals surface area contributed by atoms with Crippen LogP contribution >= 0.6 is 0 Å². The molecule has 1 aromatic heterocycles. The van der Waals surface area contributed by atoms with Crippen molar-refractivity contribution >= 4 is 23.7 Å². The van der Waals surface area contributed by atoms with Crippen molar-refractivity contribution in [3.8, 4) is 0 Å². The van der Waals surface area contributed by atoms with Gasteiger partial charge in [0.2, 0.25) is 5.95 Å². The first-order valence-corrected chi connectivity index (χ1v) is 11.3. The Morgan fingerprint density at radius 2 is 2.00 bits per heavy atom. The fourth-order valence-corrected chi connectivity index (χ4v) is 4.08. The van der Waals surface area contributed by atoms with Gasteiger partial charge in [0.1, 0.15) is 18.3 Å². The van der Waals surface area contributed by atoms with Crippen LogP contribution in [0, 0.1) is 5.92 Å². The molecule has 1 saturated heterocycles. The second kappa shape index (κ2) is 10.1. The number of carbonyl (C=O) groups is 1. The Labute approximate surface area is 194 Å². The molecule has 2 aliphatic heterocycles. The van der Waals surface area contributed by atoms with Crippen molar-refractivity contribution in [1.82, 2.24) is 20.3 Å². The van der Waals surface area contributed by atoms with Crippen LogP contribution in [0.5, 0.6) is 0 Å². The summed E-state index contributed by atoms with van der Waals surface area (Å²) < 4.78 is 5.25. The molecule has 2 aromatic rings. The van der Waals surface area contributed by atoms with Gasteiger partial charge >= 0.3 is 6.09 Å². The number of aromatic nitrogens is 2. The molecule has 4 rings (SSSR count). The Balaban J connectivity index is 1.39. The van der Waals surface area contributed by atoms with E-state index in [-0.39, 0.29) is 24.1 Å². The summed E-state index contributed by atoms with van der Waals surface area (Å²) in [6.07, 6.45) is 1.30. The lowest BCUT2D eigenvalue weighted by atomic mass is 10.0. The van der Waals surface area contributed by atoms with E-state index in [1.54, 1.807) is 17.2 Å². The van der Waals surface area contributed by atoms with Crippen molar-refractivity contribution in [2.24, 2.45) is 16.8 Å². The van der Waals surface area contributed by atoms with Crippen molar-refractivity contribution < 1.29 is 9.53 Å². The predicted octanol–water partition coefficient (Wildman–Crippen LogP) is 2.31. The Hall–Kier alpha value is -3.24. The first-order chi connectivity index (χ1) is 15.9. The van der Waals surface area contributed by atoms with Crippen LogP contribution in [-0.4, -0.2) is 59.1 Å². The topological polar surface area (TPSA) is 121 Å². The third-order valence-corrected chi connectivity index (χ3v) is 6.05. The van der Waals surface area contributed by atoms with Crippen LogP contribution in [0.15, 0.2) is 41.5 Å². The molecule has 2 aliphatic rings. The number of ether oxygens (including phenoxy) is 1. The number of anilines is 2. The van der Waals surface area contributed by atoms with E-state index in [0.717, 1.165) is 37.6 Å². The number of nitrogens with two attached hydrogens (primary N) is 1. The van der Waals surface area contributed by atoms with E-state index in [2.05, 4.69) is 75.6 Å². The van der Waals surface area contributed by atoms with Crippen LogP contribution in [0.2, 0.25) is 0 Å². The molecule has 0 spiro atoms. The van der Waals surface area contributed by atoms with Gasteiger partial charge in [-0.15, -0.1) is 0 Å². The van der Waals surface area contributed by atoms with Gasteiger partial charge in [0.05, 0.1) is 25.2 Å². The Morgan fingerprint density at radius 3 is 2.73 bits per heavy atom. The summed E-state index contributed by atoms with van der Waals surface area (Å²) in [5.41, 5.74) is 5.01. The number of rotatable bonds is 7. The zero-order valence-electron chi connectivity index (χ0n) is 19.4. The predicted molar refractivity (Wildman–Crippen MR) is 128 cm³/mol. The largest absolute Gasteiger partial charge is 0.447 e. The number of nitrogens with zero attached hydrogens (tertiary/aromatic N) is 5. The highest BCUT2D eigenvalue weighted by atomic mass is 16.6. The van der Waals surface area contributed by atoms with E-state index in [0.29, 0.717) is 18.4 Å². The number of nitrogens with one attached hydrogen (secondary N) is 2. The summed E-state index contributed by atoms with van der Waals surface area (Å²) in [4.78, 5) is 29.5. The molecular weight excluding hydrogens is 420 g/mol. The van der Waals surface area contributed by atoms with Crippen molar-refractivity contribution in [2.45, 2.75) is 39.4 Å². The lowest BCUT2D eigenvalue weighted by Crippen LogP contribution is -2.44. The summed E-state index contributed by atoms with van der Waals surface area (Å²) >= 11 is 0. The van der Waals surface area contributed by atoms with Gasteiger partial charge < -0.3 is 15.5 Å². The molecule has 0 unspecified atom stereocenters. The number of hydrazine groups is 1. The zero-order valence-corrected chi connectivity index (χ0v) is 19.4. The summed E-state index contributed by atoms with van der Waals surface area (Å²) in [6.45, 7) is 9.82. The van der Waals surface area contributed by atoms with E-state index in [4.69, 9.17) is 10.6 Å². The normalized spacial score (nSPS) is 19.9. The molecule has 3 heterocycles. The molecule has 1 aromatic carbocycles. The second-order valence-electron chi connectivity index (χ2n) is 8.79. The zero-order chi connectivity index (χ0) is 23.4. The van der Waals surface area contributed by atoms with Gasteiger partial charge in [-0.1, -0.05) is 38.1 Å². The number of hydrogen-bond donors (Lipinski definition) is 3. The molecule has 33 heavy (non-hydrogen) atoms. The molecular formula is C23H32N8O2. The van der Waals surface area contributed by atoms with Crippen LogP contribution in [0.3, 0.4) is 0 Å². The number of benzene rings is 1. The van der Waals surface area contributed by atoms with E-state index in [1.807, 2.05) is 0 Å². The summed E-state index contributed by atoms with van der Waals surface area (Å²) in [5, 5.41) is 3.35. The van der Waals surface area contributed by atoms with Crippen molar-refractivity contribution in [2.75, 3.05) is 36.5 Å². The van der Waals surface area contributed by atoms with Crippen LogP contribution in [0.1, 0.15) is 37.9 Å². The first-order valence-electron chi connectivity index (χ1n) is 11.3. The standard InChI is InChI=1S/C23H32N8O2/c1-15(2)19-14-33-23(32)31(19)21-8-9-26-22(28-21)27-16(3)18-6-4-17(5-7-18)12-30-11-10-25-20(13-30)29-24/h4-9,15-16,19H,10-14,24H2,1-3H3,(H,25,29)(H,26,27,28)/t16-,19+/m0/s1. The number of hydrogen-bond acceptors (Lipinski definition) is 9. The highest BCUT2D eigenvalue weighted by molar-refractivity contribution is 5.89. The monoisotopic (exact) mass is 452 g/mol. The Morgan fingerprint density at radius 1 is 1.21 bits per heavy atom. The fraction of sp³-hybridized carbons (Fsp3) is 0.478. The molecule has 10 heteroatoms. The molecule has 0 bridgehead atoms. The molecule has 1 amide bonds. The van der Waals surface area contributed by atoms with Crippen LogP contribution in [0.4, 0.5) is 16.6 Å². The molecule has 1 fully saturated rings. The van der Waals surface area contributed by atoms with Crippen molar-refractivity contribution in [1.29, 1.82) is 0 Å². The van der Waals surface area contributed by atoms with Gasteiger partial charge in [0, 0.05) is 19.3 Å². The fourth-order valence-electron chi connectivity index (χ4n) is 4.08. The average Bonchev–Trinajstić information content (AvgIpc) is 3.21. The third-order valence-electron chi connectivity index (χ3n) is 6.05. The highest BCUT2D eigenvalue weighted by Crippen LogP contribution is 2.26. The first kappa shape index (κ1) is 22.9. The minimum absolute atomic E-state index is 0.00381. The quantitative estimate of drug-likeness (QED) is 0.432. The van der Waals surface area contributed by atoms with Gasteiger partial charge in [0.15, 0.2) is 0 Å². The maximum Gasteiger partial charge on any atom is 0.415 e. The number of amidine groups is 1. The lowest BCUT2D eigenvalue weighted by molar-refractivity contribution is 0.177. The number of aliphatic imine (C=N–C) groups is 1. The SMILES string of the molecule is CC(C)[C@H]1COC(=O)N1c1ccnc(N[C@@H](C)c2ccc(CN3CCN=C(NN)C3)cc2)n1. The van der Waals surface area contributed by atoms with E-state index >= 15 is 0 Å². The molecule has 0 saturated carbocycles. The molecule has 2 atom stereocenters. The van der Waals surface area contributed by atoms with Crippen molar-refractivity contribution in [3.05, 3.63) is 47.7 Å². The highest BCUT2D eigenvalue weighted by Gasteiger charge is 2.37.